The van der Waals surface area contributed by atoms with Crippen LogP contribution in [0.15, 0.2) is 59.5 Å². The number of hydrogen-bond acceptors (Lipinski definition) is 4. The first kappa shape index (κ1) is 19.6. The monoisotopic (exact) mass is 402 g/mol. The normalized spacial score (nSPS) is 11.0. The molecule has 0 saturated heterocycles. The van der Waals surface area contributed by atoms with Crippen molar-refractivity contribution in [2.75, 3.05) is 18.4 Å². The Morgan fingerprint density at radius 1 is 1.17 bits per heavy atom. The highest BCUT2D eigenvalue weighted by Crippen LogP contribution is 2.17. The molecular formula is C23H24N5O2+. The average Bonchev–Trinajstić information content (AvgIpc) is 2.75. The maximum absolute atomic E-state index is 13.0. The van der Waals surface area contributed by atoms with Gasteiger partial charge in [0.25, 0.3) is 11.6 Å². The van der Waals surface area contributed by atoms with E-state index in [0.717, 1.165) is 17.5 Å². The minimum Gasteiger partial charge on any atom is -0.356 e. The fraction of sp³-hybridized carbons (Fsp3) is 0.217. The second-order valence-electron chi connectivity index (χ2n) is 7.19. The lowest BCUT2D eigenvalue weighted by atomic mass is 10.1. The third-order valence-corrected chi connectivity index (χ3v) is 4.95. The summed E-state index contributed by atoms with van der Waals surface area (Å²) in [4.78, 5) is 33.7. The number of aryl methyl sites for hydroxylation is 1. The number of fused-ring (bicyclic) bond motifs is 2. The molecule has 3 aromatic heterocycles. The molecular weight excluding hydrogens is 378 g/mol. The molecule has 4 aromatic rings. The third-order valence-electron chi connectivity index (χ3n) is 4.95. The SMILES string of the molecule is CCNc1nc2[nH+]c3ccc(C)cn3c(=O)c2cc1C(=O)NCCc1ccccc1. The van der Waals surface area contributed by atoms with E-state index in [4.69, 9.17) is 0 Å². The van der Waals surface area contributed by atoms with Crippen molar-refractivity contribution in [3.63, 3.8) is 0 Å². The zero-order valence-electron chi connectivity index (χ0n) is 17.0. The number of aromatic amines is 1. The quantitative estimate of drug-likeness (QED) is 0.485. The number of carbonyl (C=O) groups is 1. The maximum atomic E-state index is 13.0. The van der Waals surface area contributed by atoms with Crippen LogP contribution in [-0.2, 0) is 6.42 Å². The number of hydrogen-bond donors (Lipinski definition) is 2. The van der Waals surface area contributed by atoms with Crippen LogP contribution in [0.25, 0.3) is 16.7 Å². The van der Waals surface area contributed by atoms with Crippen LogP contribution in [0.3, 0.4) is 0 Å². The predicted molar refractivity (Wildman–Crippen MR) is 117 cm³/mol. The molecule has 3 N–H and O–H groups in total. The summed E-state index contributed by atoms with van der Waals surface area (Å²) in [5, 5.41) is 6.44. The number of benzene rings is 1. The maximum Gasteiger partial charge on any atom is 0.325 e. The van der Waals surface area contributed by atoms with Gasteiger partial charge in [0.05, 0.1) is 6.20 Å². The molecule has 4 rings (SSSR count). The molecule has 0 aliphatic heterocycles. The van der Waals surface area contributed by atoms with Crippen molar-refractivity contribution in [3.05, 3.63) is 81.8 Å². The lowest BCUT2D eigenvalue weighted by Gasteiger charge is -2.09. The highest BCUT2D eigenvalue weighted by molar-refractivity contribution is 6.01. The predicted octanol–water partition coefficient (Wildman–Crippen LogP) is 2.37. The second-order valence-corrected chi connectivity index (χ2v) is 7.19. The number of aromatic nitrogens is 3. The number of carbonyl (C=O) groups excluding carboxylic acids is 1. The smallest absolute Gasteiger partial charge is 0.325 e. The lowest BCUT2D eigenvalue weighted by molar-refractivity contribution is -0.319. The highest BCUT2D eigenvalue weighted by Gasteiger charge is 2.21. The second kappa shape index (κ2) is 8.32. The van der Waals surface area contributed by atoms with E-state index in [0.29, 0.717) is 41.2 Å². The molecule has 0 unspecified atom stereocenters. The van der Waals surface area contributed by atoms with Gasteiger partial charge in [0.1, 0.15) is 10.9 Å². The van der Waals surface area contributed by atoms with Gasteiger partial charge in [-0.3, -0.25) is 4.79 Å². The van der Waals surface area contributed by atoms with Crippen LogP contribution >= 0.6 is 0 Å². The molecule has 0 fully saturated rings. The first-order valence-electron chi connectivity index (χ1n) is 10.0. The van der Waals surface area contributed by atoms with Crippen LogP contribution in [0.1, 0.15) is 28.4 Å². The van der Waals surface area contributed by atoms with Crippen molar-refractivity contribution in [2.45, 2.75) is 20.3 Å². The Bertz CT molecular complexity index is 1280. The van der Waals surface area contributed by atoms with Gasteiger partial charge in [0.15, 0.2) is 0 Å². The molecule has 0 spiro atoms. The summed E-state index contributed by atoms with van der Waals surface area (Å²) in [6.45, 7) is 4.96. The highest BCUT2D eigenvalue weighted by atomic mass is 16.1. The molecule has 7 nitrogen and oxygen atoms in total. The Balaban J connectivity index is 1.70. The summed E-state index contributed by atoms with van der Waals surface area (Å²) in [5.74, 6) is 0.194. The molecule has 30 heavy (non-hydrogen) atoms. The van der Waals surface area contributed by atoms with Crippen LogP contribution in [0.4, 0.5) is 5.82 Å². The number of H-pyrrole nitrogens is 1. The minimum absolute atomic E-state index is 0.212. The minimum atomic E-state index is -0.259. The fourth-order valence-electron chi connectivity index (χ4n) is 3.44. The van der Waals surface area contributed by atoms with Gasteiger partial charge >= 0.3 is 5.56 Å². The van der Waals surface area contributed by atoms with E-state index in [-0.39, 0.29) is 11.5 Å². The Morgan fingerprint density at radius 3 is 2.73 bits per heavy atom. The van der Waals surface area contributed by atoms with Gasteiger partial charge in [-0.2, -0.15) is 4.40 Å². The van der Waals surface area contributed by atoms with Gasteiger partial charge in [-0.05, 0) is 43.5 Å². The summed E-state index contributed by atoms with van der Waals surface area (Å²) in [6, 6.07) is 15.4. The Hall–Kier alpha value is -3.74. The van der Waals surface area contributed by atoms with Crippen molar-refractivity contribution in [1.82, 2.24) is 14.7 Å². The first-order chi connectivity index (χ1) is 14.6. The summed E-state index contributed by atoms with van der Waals surface area (Å²) < 4.78 is 1.54. The number of amides is 1. The number of anilines is 1. The summed E-state index contributed by atoms with van der Waals surface area (Å²) >= 11 is 0. The van der Waals surface area contributed by atoms with Gasteiger partial charge in [0.2, 0.25) is 11.5 Å². The molecule has 1 aromatic carbocycles. The number of nitrogens with zero attached hydrogens (tertiary/aromatic N) is 2. The van der Waals surface area contributed by atoms with Crippen molar-refractivity contribution in [1.29, 1.82) is 0 Å². The van der Waals surface area contributed by atoms with Crippen molar-refractivity contribution < 1.29 is 9.78 Å². The summed E-state index contributed by atoms with van der Waals surface area (Å²) in [5.41, 5.74) is 3.35. The van der Waals surface area contributed by atoms with Gasteiger partial charge in [0, 0.05) is 19.2 Å². The molecule has 3 heterocycles. The Labute approximate surface area is 173 Å². The molecule has 1 amide bonds. The van der Waals surface area contributed by atoms with Gasteiger partial charge < -0.3 is 10.6 Å². The lowest BCUT2D eigenvalue weighted by Crippen LogP contribution is -2.29. The molecule has 0 aliphatic rings. The van der Waals surface area contributed by atoms with Gasteiger partial charge in [-0.15, -0.1) is 0 Å². The molecule has 0 aliphatic carbocycles. The topological polar surface area (TPSA) is 89.6 Å². The Kier molecular flexibility index (Phi) is 5.43. The van der Waals surface area contributed by atoms with Crippen molar-refractivity contribution >= 4 is 28.4 Å². The largest absolute Gasteiger partial charge is 0.356 e. The van der Waals surface area contributed by atoms with Crippen molar-refractivity contribution in [3.8, 4) is 0 Å². The van der Waals surface area contributed by atoms with E-state index in [1.54, 1.807) is 16.7 Å². The number of pyridine rings is 2. The molecule has 0 radical (unpaired) electrons. The third kappa shape index (κ3) is 3.87. The average molecular weight is 402 g/mol. The standard InChI is InChI=1S/C23H23N5O2/c1-3-24-20-17(22(29)25-12-11-16-7-5-4-6-8-16)13-18-21(27-20)26-19-10-9-15(2)14-28(19)23(18)30/h4-10,13-14H,3,11-12H2,1-2H3,(H,24,27)(H,25,29)/p+1. The van der Waals surface area contributed by atoms with Crippen LogP contribution in [0.2, 0.25) is 0 Å². The molecule has 0 bridgehead atoms. The van der Waals surface area contributed by atoms with Crippen LogP contribution in [-0.4, -0.2) is 28.4 Å². The van der Waals surface area contributed by atoms with Crippen LogP contribution in [0, 0.1) is 6.92 Å². The van der Waals surface area contributed by atoms with E-state index in [9.17, 15) is 9.59 Å². The fourth-order valence-corrected chi connectivity index (χ4v) is 3.44. The van der Waals surface area contributed by atoms with Crippen LogP contribution in [0.5, 0.6) is 0 Å². The number of nitrogens with one attached hydrogen (secondary N) is 3. The molecule has 0 atom stereocenters. The summed E-state index contributed by atoms with van der Waals surface area (Å²) in [6.07, 6.45) is 2.50. The molecule has 0 saturated carbocycles. The van der Waals surface area contributed by atoms with Gasteiger partial charge in [-0.1, -0.05) is 35.3 Å². The van der Waals surface area contributed by atoms with Crippen LogP contribution < -0.4 is 21.2 Å². The van der Waals surface area contributed by atoms with E-state index < -0.39 is 0 Å². The van der Waals surface area contributed by atoms with Gasteiger partial charge in [-0.25, -0.2) is 9.78 Å². The Morgan fingerprint density at radius 2 is 1.97 bits per heavy atom. The molecule has 7 heteroatoms. The van der Waals surface area contributed by atoms with E-state index in [1.165, 1.54) is 0 Å². The summed E-state index contributed by atoms with van der Waals surface area (Å²) in [7, 11) is 0. The van der Waals surface area contributed by atoms with Crippen molar-refractivity contribution in [2.24, 2.45) is 0 Å². The zero-order valence-corrected chi connectivity index (χ0v) is 17.0. The van der Waals surface area contributed by atoms with E-state index in [2.05, 4.69) is 20.6 Å². The zero-order chi connectivity index (χ0) is 21.1. The van der Waals surface area contributed by atoms with E-state index in [1.807, 2.05) is 56.3 Å². The number of rotatable bonds is 6. The first-order valence-corrected chi connectivity index (χ1v) is 10.0. The van der Waals surface area contributed by atoms with E-state index >= 15 is 0 Å². The molecule has 152 valence electrons.